The third-order valence-electron chi connectivity index (χ3n) is 2.67. The van der Waals surface area contributed by atoms with Gasteiger partial charge in [-0.25, -0.2) is 9.18 Å². The van der Waals surface area contributed by atoms with E-state index in [-0.39, 0.29) is 12.6 Å². The molecule has 100 valence electrons. The van der Waals surface area contributed by atoms with Crippen LogP contribution in [0.3, 0.4) is 0 Å². The third kappa shape index (κ3) is 3.96. The summed E-state index contributed by atoms with van der Waals surface area (Å²) < 4.78 is 13.4. The Balaban J connectivity index is 2.57. The van der Waals surface area contributed by atoms with Gasteiger partial charge in [-0.1, -0.05) is 6.92 Å². The molecule has 0 bridgehead atoms. The predicted molar refractivity (Wildman–Crippen MR) is 65.4 cm³/mol. The third-order valence-corrected chi connectivity index (χ3v) is 2.67. The standard InChI is InChI=1S/C12H18FN3O2/c1-3-9(7-17)16-12(18)15-8(2)10-4-5-14-6-11(10)13/h4-6,8-9,17H,3,7H2,1-2H3,(H2,15,16,18)/t8-,9+/m0/s1. The van der Waals surface area contributed by atoms with E-state index in [1.165, 1.54) is 12.3 Å². The van der Waals surface area contributed by atoms with Crippen LogP contribution in [0.4, 0.5) is 9.18 Å². The van der Waals surface area contributed by atoms with Crippen molar-refractivity contribution >= 4 is 6.03 Å². The minimum absolute atomic E-state index is 0.123. The Labute approximate surface area is 105 Å². The van der Waals surface area contributed by atoms with E-state index in [1.54, 1.807) is 6.92 Å². The van der Waals surface area contributed by atoms with Gasteiger partial charge in [0.2, 0.25) is 0 Å². The predicted octanol–water partition coefficient (Wildman–Crippen LogP) is 1.35. The van der Waals surface area contributed by atoms with Gasteiger partial charge in [0.25, 0.3) is 0 Å². The SMILES string of the molecule is CC[C@H](CO)NC(=O)N[C@@H](C)c1ccncc1F. The van der Waals surface area contributed by atoms with E-state index in [9.17, 15) is 9.18 Å². The zero-order valence-corrected chi connectivity index (χ0v) is 10.5. The Bertz CT molecular complexity index is 397. The lowest BCUT2D eigenvalue weighted by Gasteiger charge is -2.18. The van der Waals surface area contributed by atoms with Crippen LogP contribution in [0.1, 0.15) is 31.9 Å². The van der Waals surface area contributed by atoms with Gasteiger partial charge in [0.1, 0.15) is 5.82 Å². The van der Waals surface area contributed by atoms with Crippen LogP contribution in [0, 0.1) is 5.82 Å². The van der Waals surface area contributed by atoms with Gasteiger partial charge < -0.3 is 15.7 Å². The molecule has 0 saturated carbocycles. The van der Waals surface area contributed by atoms with E-state index in [0.717, 1.165) is 6.20 Å². The van der Waals surface area contributed by atoms with E-state index in [1.807, 2.05) is 6.92 Å². The lowest BCUT2D eigenvalue weighted by molar-refractivity contribution is 0.212. The topological polar surface area (TPSA) is 74.2 Å². The van der Waals surface area contributed by atoms with E-state index in [2.05, 4.69) is 15.6 Å². The minimum Gasteiger partial charge on any atom is -0.394 e. The lowest BCUT2D eigenvalue weighted by atomic mass is 10.1. The number of carbonyl (C=O) groups excluding carboxylic acids is 1. The van der Waals surface area contributed by atoms with Crippen LogP contribution >= 0.6 is 0 Å². The highest BCUT2D eigenvalue weighted by atomic mass is 19.1. The van der Waals surface area contributed by atoms with Crippen LogP contribution in [-0.2, 0) is 0 Å². The van der Waals surface area contributed by atoms with Gasteiger partial charge in [0.05, 0.1) is 24.9 Å². The van der Waals surface area contributed by atoms with Crippen molar-refractivity contribution in [3.8, 4) is 0 Å². The van der Waals surface area contributed by atoms with Crippen LogP contribution in [0.2, 0.25) is 0 Å². The Kier molecular flexibility index (Phi) is 5.51. The van der Waals surface area contributed by atoms with Crippen LogP contribution in [0.25, 0.3) is 0 Å². The van der Waals surface area contributed by atoms with Gasteiger partial charge in [-0.3, -0.25) is 4.98 Å². The number of urea groups is 1. The Morgan fingerprint density at radius 3 is 2.83 bits per heavy atom. The zero-order chi connectivity index (χ0) is 13.5. The van der Waals surface area contributed by atoms with Crippen molar-refractivity contribution < 1.29 is 14.3 Å². The number of nitrogens with zero attached hydrogens (tertiary/aromatic N) is 1. The summed E-state index contributed by atoms with van der Waals surface area (Å²) in [6.45, 7) is 3.41. The van der Waals surface area contributed by atoms with Crippen molar-refractivity contribution in [2.24, 2.45) is 0 Å². The highest BCUT2D eigenvalue weighted by Crippen LogP contribution is 2.14. The van der Waals surface area contributed by atoms with Crippen molar-refractivity contribution in [3.63, 3.8) is 0 Å². The van der Waals surface area contributed by atoms with E-state index in [4.69, 9.17) is 5.11 Å². The second-order valence-corrected chi connectivity index (χ2v) is 4.02. The summed E-state index contributed by atoms with van der Waals surface area (Å²) in [4.78, 5) is 15.2. The van der Waals surface area contributed by atoms with E-state index >= 15 is 0 Å². The molecule has 0 unspecified atom stereocenters. The number of carbonyl (C=O) groups is 1. The van der Waals surface area contributed by atoms with Gasteiger partial charge in [-0.05, 0) is 19.4 Å². The maximum Gasteiger partial charge on any atom is 0.315 e. The molecule has 0 aliphatic carbocycles. The Morgan fingerprint density at radius 2 is 2.28 bits per heavy atom. The van der Waals surface area contributed by atoms with Crippen molar-refractivity contribution in [2.75, 3.05) is 6.61 Å². The summed E-state index contributed by atoms with van der Waals surface area (Å²) in [7, 11) is 0. The number of nitrogens with one attached hydrogen (secondary N) is 2. The number of aliphatic hydroxyl groups is 1. The number of hydrogen-bond donors (Lipinski definition) is 3. The second kappa shape index (κ2) is 6.90. The first-order valence-corrected chi connectivity index (χ1v) is 5.85. The molecule has 1 aromatic heterocycles. The van der Waals surface area contributed by atoms with Crippen molar-refractivity contribution in [1.82, 2.24) is 15.6 Å². The molecular formula is C12H18FN3O2. The largest absolute Gasteiger partial charge is 0.394 e. The van der Waals surface area contributed by atoms with Crippen molar-refractivity contribution in [2.45, 2.75) is 32.4 Å². The molecule has 1 rings (SSSR count). The maximum absolute atomic E-state index is 13.4. The van der Waals surface area contributed by atoms with Crippen molar-refractivity contribution in [3.05, 3.63) is 29.8 Å². The van der Waals surface area contributed by atoms with E-state index < -0.39 is 17.9 Å². The molecule has 3 N–H and O–H groups in total. The fourth-order valence-corrected chi connectivity index (χ4v) is 1.52. The molecule has 5 nitrogen and oxygen atoms in total. The first-order chi connectivity index (χ1) is 8.58. The van der Waals surface area contributed by atoms with E-state index in [0.29, 0.717) is 12.0 Å². The fraction of sp³-hybridized carbons (Fsp3) is 0.500. The molecule has 2 atom stereocenters. The molecule has 0 saturated heterocycles. The second-order valence-electron chi connectivity index (χ2n) is 4.02. The molecule has 0 aromatic carbocycles. The average Bonchev–Trinajstić information content (AvgIpc) is 2.36. The molecule has 0 fully saturated rings. The quantitative estimate of drug-likeness (QED) is 0.743. The maximum atomic E-state index is 13.4. The summed E-state index contributed by atoms with van der Waals surface area (Å²) in [6, 6.07) is 0.326. The molecule has 1 heterocycles. The number of pyridine rings is 1. The number of hydrogen-bond acceptors (Lipinski definition) is 3. The number of halogens is 1. The van der Waals surface area contributed by atoms with Gasteiger partial charge in [-0.15, -0.1) is 0 Å². The molecule has 0 radical (unpaired) electrons. The molecule has 18 heavy (non-hydrogen) atoms. The molecule has 0 spiro atoms. The number of rotatable bonds is 5. The van der Waals surface area contributed by atoms with Gasteiger partial charge >= 0.3 is 6.03 Å². The Morgan fingerprint density at radius 1 is 1.56 bits per heavy atom. The first kappa shape index (κ1) is 14.4. The summed E-state index contributed by atoms with van der Waals surface area (Å²) in [5, 5.41) is 14.2. The number of aromatic nitrogens is 1. The van der Waals surface area contributed by atoms with Crippen LogP contribution in [0.5, 0.6) is 0 Å². The fourth-order valence-electron chi connectivity index (χ4n) is 1.52. The van der Waals surface area contributed by atoms with Gasteiger partial charge in [0, 0.05) is 11.8 Å². The first-order valence-electron chi connectivity index (χ1n) is 5.85. The molecular weight excluding hydrogens is 237 g/mol. The summed E-state index contributed by atoms with van der Waals surface area (Å²) in [5.74, 6) is -0.459. The molecule has 0 aliphatic rings. The molecule has 1 aromatic rings. The molecule has 2 amide bonds. The van der Waals surface area contributed by atoms with Gasteiger partial charge in [-0.2, -0.15) is 0 Å². The van der Waals surface area contributed by atoms with Crippen LogP contribution in [0.15, 0.2) is 18.5 Å². The average molecular weight is 255 g/mol. The summed E-state index contributed by atoms with van der Waals surface area (Å²) in [6.07, 6.45) is 3.20. The smallest absolute Gasteiger partial charge is 0.315 e. The van der Waals surface area contributed by atoms with Crippen LogP contribution < -0.4 is 10.6 Å². The van der Waals surface area contributed by atoms with Crippen molar-refractivity contribution in [1.29, 1.82) is 0 Å². The minimum atomic E-state index is -0.468. The van der Waals surface area contributed by atoms with Gasteiger partial charge in [0.15, 0.2) is 0 Å². The highest BCUT2D eigenvalue weighted by Gasteiger charge is 2.15. The number of amides is 2. The monoisotopic (exact) mass is 255 g/mol. The lowest BCUT2D eigenvalue weighted by Crippen LogP contribution is -2.44. The molecule has 0 aliphatic heterocycles. The molecule has 6 heteroatoms. The summed E-state index contributed by atoms with van der Waals surface area (Å²) >= 11 is 0. The zero-order valence-electron chi connectivity index (χ0n) is 10.5. The number of aliphatic hydroxyl groups excluding tert-OH is 1. The van der Waals surface area contributed by atoms with Crippen LogP contribution in [-0.4, -0.2) is 28.8 Å². The summed E-state index contributed by atoms with van der Waals surface area (Å²) in [5.41, 5.74) is 0.372. The Hall–Kier alpha value is -1.69. The normalized spacial score (nSPS) is 13.8. The highest BCUT2D eigenvalue weighted by molar-refractivity contribution is 5.74.